The first-order valence-electron chi connectivity index (χ1n) is 6.79. The third-order valence-corrected chi connectivity index (χ3v) is 3.11. The molecule has 0 amide bonds. The van der Waals surface area contributed by atoms with E-state index < -0.39 is 5.97 Å². The Morgan fingerprint density at radius 3 is 2.52 bits per heavy atom. The highest BCUT2D eigenvalue weighted by atomic mass is 19.1. The van der Waals surface area contributed by atoms with Gasteiger partial charge in [-0.15, -0.1) is 0 Å². The van der Waals surface area contributed by atoms with Crippen LogP contribution < -0.4 is 4.74 Å². The lowest BCUT2D eigenvalue weighted by atomic mass is 10.0. The number of hydrogen-bond acceptors (Lipinski definition) is 5. The van der Waals surface area contributed by atoms with Crippen LogP contribution in [0.15, 0.2) is 47.6 Å². The Hall–Kier alpha value is -2.89. The zero-order valence-electron chi connectivity index (χ0n) is 13.0. The van der Waals surface area contributed by atoms with Crippen molar-refractivity contribution in [3.8, 4) is 16.9 Å². The van der Waals surface area contributed by atoms with Crippen LogP contribution in [0.4, 0.5) is 4.39 Å². The first-order chi connectivity index (χ1) is 11.1. The molecule has 6 heteroatoms. The van der Waals surface area contributed by atoms with E-state index in [1.807, 2.05) is 0 Å². The number of rotatable bonds is 3. The molecular formula is C17H16FNO4. The molecule has 0 atom stereocenters. The van der Waals surface area contributed by atoms with Gasteiger partial charge in [-0.25, -0.2) is 9.18 Å². The van der Waals surface area contributed by atoms with Crippen LogP contribution in [0.3, 0.4) is 0 Å². The van der Waals surface area contributed by atoms with Crippen LogP contribution in [-0.4, -0.2) is 26.1 Å². The second kappa shape index (κ2) is 7.40. The van der Waals surface area contributed by atoms with E-state index in [0.717, 1.165) is 5.56 Å². The smallest absolute Gasteiger partial charge is 0.397 e. The van der Waals surface area contributed by atoms with E-state index in [-0.39, 0.29) is 11.7 Å². The number of hydrogen-bond donors (Lipinski definition) is 0. The molecule has 0 radical (unpaired) electrons. The Morgan fingerprint density at radius 2 is 1.87 bits per heavy atom. The summed E-state index contributed by atoms with van der Waals surface area (Å²) in [5.74, 6) is -1.11. The van der Waals surface area contributed by atoms with Gasteiger partial charge in [0.2, 0.25) is 0 Å². The zero-order valence-corrected chi connectivity index (χ0v) is 13.0. The van der Waals surface area contributed by atoms with E-state index in [2.05, 4.69) is 14.7 Å². The Morgan fingerprint density at radius 1 is 1.13 bits per heavy atom. The van der Waals surface area contributed by atoms with Crippen LogP contribution in [0, 0.1) is 12.7 Å². The number of benzene rings is 2. The maximum absolute atomic E-state index is 13.9. The van der Waals surface area contributed by atoms with Crippen molar-refractivity contribution in [2.24, 2.45) is 5.16 Å². The maximum atomic E-state index is 13.9. The van der Waals surface area contributed by atoms with Crippen LogP contribution in [0.5, 0.6) is 5.75 Å². The van der Waals surface area contributed by atoms with Gasteiger partial charge in [0.25, 0.3) is 0 Å². The van der Waals surface area contributed by atoms with Gasteiger partial charge >= 0.3 is 11.9 Å². The number of nitrogens with zero attached hydrogens (tertiary/aromatic N) is 1. The molecule has 2 aromatic rings. The molecule has 2 aromatic carbocycles. The summed E-state index contributed by atoms with van der Waals surface area (Å²) in [6.45, 7) is 1.79. The summed E-state index contributed by atoms with van der Waals surface area (Å²) in [6.07, 6.45) is 0. The zero-order chi connectivity index (χ0) is 16.8. The molecule has 0 heterocycles. The van der Waals surface area contributed by atoms with Crippen LogP contribution in [0.1, 0.15) is 5.56 Å². The SMILES string of the molecule is CO/N=C(\Oc1cc(-c2ccccc2F)ccc1C)C(=O)OC. The number of carbonyl (C=O) groups is 1. The number of oxime groups is 1. The highest BCUT2D eigenvalue weighted by Gasteiger charge is 2.18. The van der Waals surface area contributed by atoms with Crippen LogP contribution in [0.2, 0.25) is 0 Å². The average molecular weight is 317 g/mol. The number of esters is 1. The molecule has 0 spiro atoms. The number of ether oxygens (including phenoxy) is 2. The van der Waals surface area contributed by atoms with Gasteiger partial charge in [-0.1, -0.05) is 30.3 Å². The first kappa shape index (κ1) is 16.5. The van der Waals surface area contributed by atoms with Crippen LogP contribution >= 0.6 is 0 Å². The summed E-state index contributed by atoms with van der Waals surface area (Å²) in [4.78, 5) is 16.2. The largest absolute Gasteiger partial charge is 0.462 e. The topological polar surface area (TPSA) is 57.1 Å². The normalized spacial score (nSPS) is 11.0. The van der Waals surface area contributed by atoms with Gasteiger partial charge in [0, 0.05) is 5.56 Å². The van der Waals surface area contributed by atoms with Crippen molar-refractivity contribution in [1.29, 1.82) is 0 Å². The molecule has 23 heavy (non-hydrogen) atoms. The molecule has 0 bridgehead atoms. The Bertz CT molecular complexity index is 743. The highest BCUT2D eigenvalue weighted by molar-refractivity contribution is 6.33. The molecule has 0 saturated carbocycles. The minimum absolute atomic E-state index is 0.344. The molecule has 0 saturated heterocycles. The molecule has 120 valence electrons. The lowest BCUT2D eigenvalue weighted by molar-refractivity contribution is -0.134. The molecule has 0 aliphatic heterocycles. The van der Waals surface area contributed by atoms with Crippen molar-refractivity contribution < 1.29 is 23.5 Å². The molecule has 2 rings (SSSR count). The third-order valence-electron chi connectivity index (χ3n) is 3.11. The van der Waals surface area contributed by atoms with Crippen molar-refractivity contribution in [2.45, 2.75) is 6.92 Å². The fourth-order valence-corrected chi connectivity index (χ4v) is 1.94. The average Bonchev–Trinajstić information content (AvgIpc) is 2.56. The summed E-state index contributed by atoms with van der Waals surface area (Å²) in [5.41, 5.74) is 1.80. The van der Waals surface area contributed by atoms with Gasteiger partial charge in [0.1, 0.15) is 18.7 Å². The van der Waals surface area contributed by atoms with Crippen molar-refractivity contribution >= 4 is 11.9 Å². The van der Waals surface area contributed by atoms with Gasteiger partial charge in [-0.2, -0.15) is 0 Å². The second-order valence-electron chi connectivity index (χ2n) is 4.63. The molecule has 0 fully saturated rings. The van der Waals surface area contributed by atoms with E-state index in [1.165, 1.54) is 20.3 Å². The third kappa shape index (κ3) is 3.85. The van der Waals surface area contributed by atoms with E-state index >= 15 is 0 Å². The molecule has 0 aromatic heterocycles. The molecular weight excluding hydrogens is 301 g/mol. The van der Waals surface area contributed by atoms with E-state index in [4.69, 9.17) is 4.74 Å². The summed E-state index contributed by atoms with van der Waals surface area (Å²) in [5, 5.41) is 3.50. The summed E-state index contributed by atoms with van der Waals surface area (Å²) in [7, 11) is 2.49. The molecule has 0 unspecified atom stereocenters. The van der Waals surface area contributed by atoms with E-state index in [0.29, 0.717) is 16.9 Å². The van der Waals surface area contributed by atoms with Crippen molar-refractivity contribution in [3.63, 3.8) is 0 Å². The molecule has 0 aliphatic carbocycles. The predicted molar refractivity (Wildman–Crippen MR) is 83.7 cm³/mol. The maximum Gasteiger partial charge on any atom is 0.397 e. The Balaban J connectivity index is 2.40. The monoisotopic (exact) mass is 317 g/mol. The van der Waals surface area contributed by atoms with E-state index in [9.17, 15) is 9.18 Å². The number of halogens is 1. The lowest BCUT2D eigenvalue weighted by Crippen LogP contribution is -2.22. The highest BCUT2D eigenvalue weighted by Crippen LogP contribution is 2.29. The fraction of sp³-hybridized carbons (Fsp3) is 0.176. The minimum Gasteiger partial charge on any atom is -0.462 e. The number of aryl methyl sites for hydroxylation is 1. The van der Waals surface area contributed by atoms with Gasteiger partial charge in [-0.3, -0.25) is 0 Å². The molecule has 5 nitrogen and oxygen atoms in total. The Labute approximate surface area is 133 Å². The minimum atomic E-state index is -0.775. The van der Waals surface area contributed by atoms with Crippen molar-refractivity contribution in [3.05, 3.63) is 53.8 Å². The number of methoxy groups -OCH3 is 1. The van der Waals surface area contributed by atoms with Gasteiger partial charge in [0.05, 0.1) is 7.11 Å². The van der Waals surface area contributed by atoms with Gasteiger partial charge in [0.15, 0.2) is 0 Å². The van der Waals surface area contributed by atoms with Crippen LogP contribution in [0.25, 0.3) is 11.1 Å². The standard InChI is InChI=1S/C17H16FNO4/c1-11-8-9-12(13-6-4-5-7-14(13)18)10-15(11)23-16(19-22-3)17(20)21-2/h4-10H,1-3H3/b19-16-. The lowest BCUT2D eigenvalue weighted by Gasteiger charge is -2.11. The predicted octanol–water partition coefficient (Wildman–Crippen LogP) is 3.31. The molecule has 0 aliphatic rings. The summed E-state index contributed by atoms with van der Waals surface area (Å²) < 4.78 is 24.0. The molecule has 0 N–H and O–H groups in total. The second-order valence-corrected chi connectivity index (χ2v) is 4.63. The van der Waals surface area contributed by atoms with Crippen LogP contribution in [-0.2, 0) is 14.4 Å². The first-order valence-corrected chi connectivity index (χ1v) is 6.79. The number of carbonyl (C=O) groups excluding carboxylic acids is 1. The van der Waals surface area contributed by atoms with Gasteiger partial charge < -0.3 is 14.3 Å². The summed E-state index contributed by atoms with van der Waals surface area (Å²) >= 11 is 0. The Kier molecular flexibility index (Phi) is 5.30. The van der Waals surface area contributed by atoms with Crippen molar-refractivity contribution in [2.75, 3.05) is 14.2 Å². The van der Waals surface area contributed by atoms with Crippen molar-refractivity contribution in [1.82, 2.24) is 0 Å². The van der Waals surface area contributed by atoms with Gasteiger partial charge in [-0.05, 0) is 35.3 Å². The summed E-state index contributed by atoms with van der Waals surface area (Å²) in [6, 6.07) is 11.6. The fourth-order valence-electron chi connectivity index (χ4n) is 1.94. The van der Waals surface area contributed by atoms with E-state index in [1.54, 1.807) is 43.3 Å². The quantitative estimate of drug-likeness (QED) is 0.377.